The molecule has 0 fully saturated rings. The van der Waals surface area contributed by atoms with E-state index in [9.17, 15) is 0 Å². The van der Waals surface area contributed by atoms with E-state index in [-0.39, 0.29) is 0 Å². The van der Waals surface area contributed by atoms with Crippen molar-refractivity contribution in [3.8, 4) is 28.1 Å². The van der Waals surface area contributed by atoms with E-state index in [1.807, 2.05) is 6.20 Å². The number of hydrogen-bond acceptors (Lipinski definition) is 2. The lowest BCUT2D eigenvalue weighted by molar-refractivity contribution is 0.973. The highest BCUT2D eigenvalue weighted by Crippen LogP contribution is 2.54. The van der Waals surface area contributed by atoms with Crippen LogP contribution in [0.5, 0.6) is 0 Å². The first-order valence-electron chi connectivity index (χ1n) is 14.6. The predicted octanol–water partition coefficient (Wildman–Crippen LogP) is 10.3. The molecule has 3 heteroatoms. The summed E-state index contributed by atoms with van der Waals surface area (Å²) in [5, 5.41) is 3.72. The van der Waals surface area contributed by atoms with Crippen molar-refractivity contribution in [1.29, 1.82) is 0 Å². The van der Waals surface area contributed by atoms with Crippen LogP contribution >= 0.6 is 0 Å². The minimum Gasteiger partial charge on any atom is -0.309 e. The van der Waals surface area contributed by atoms with Gasteiger partial charge in [0.1, 0.15) is 5.82 Å². The number of para-hydroxylation sites is 3. The lowest BCUT2D eigenvalue weighted by atomic mass is 9.97. The molecular formula is C39H27N3. The van der Waals surface area contributed by atoms with Gasteiger partial charge in [0.05, 0.1) is 22.6 Å². The molecule has 1 aliphatic heterocycles. The summed E-state index contributed by atoms with van der Waals surface area (Å²) in [7, 11) is 0. The van der Waals surface area contributed by atoms with Crippen molar-refractivity contribution in [2.24, 2.45) is 0 Å². The molecule has 0 saturated carbocycles. The Hall–Kier alpha value is -5.41. The van der Waals surface area contributed by atoms with Gasteiger partial charge in [-0.15, -0.1) is 0 Å². The first kappa shape index (κ1) is 23.3. The van der Waals surface area contributed by atoms with E-state index in [2.05, 4.69) is 143 Å². The van der Waals surface area contributed by atoms with Gasteiger partial charge in [0.25, 0.3) is 0 Å². The van der Waals surface area contributed by atoms with Crippen LogP contribution in [0.2, 0.25) is 0 Å². The molecule has 1 aliphatic carbocycles. The molecule has 0 amide bonds. The minimum atomic E-state index is 0.982. The molecule has 3 nitrogen and oxygen atoms in total. The summed E-state index contributed by atoms with van der Waals surface area (Å²) >= 11 is 0. The second-order valence-corrected chi connectivity index (χ2v) is 11.1. The highest BCUT2D eigenvalue weighted by molar-refractivity contribution is 6.13. The molecule has 0 spiro atoms. The summed E-state index contributed by atoms with van der Waals surface area (Å²) in [4.78, 5) is 7.43. The normalized spacial score (nSPS) is 13.4. The minimum absolute atomic E-state index is 0.982. The molecule has 0 N–H and O–H groups in total. The summed E-state index contributed by atoms with van der Waals surface area (Å²) in [6, 6.07) is 44.1. The topological polar surface area (TPSA) is 21.1 Å². The van der Waals surface area contributed by atoms with Gasteiger partial charge < -0.3 is 4.57 Å². The number of benzene rings is 5. The molecule has 0 saturated heterocycles. The SMILES string of the molecule is C1=Cc2c(ccnc2N2c3ccccc3-c3c(n(-c4ccc5ccccc5c4)c4ccccc34)-c3ccccc32)CC1. The maximum Gasteiger partial charge on any atom is 0.145 e. The fraction of sp³-hybridized carbons (Fsp3) is 0.0513. The standard InChI is InChI=1S/C39H27N3/c1-2-13-28-25-29(22-21-26(28)11-1)41-34-18-8-5-15-31(34)37-32-16-6-9-19-35(32)42(36-20-10-7-17-33(36)38(37)41)39-30-14-4-3-12-27(30)23-24-40-39/h1-2,4-11,13-25H,3,12H2. The van der Waals surface area contributed by atoms with Crippen LogP contribution in [0.25, 0.3) is 55.8 Å². The predicted molar refractivity (Wildman–Crippen MR) is 175 cm³/mol. The molecule has 42 heavy (non-hydrogen) atoms. The van der Waals surface area contributed by atoms with E-state index < -0.39 is 0 Å². The molecule has 0 unspecified atom stereocenters. The number of hydrogen-bond donors (Lipinski definition) is 0. The number of allylic oxidation sites excluding steroid dienone is 1. The molecule has 9 rings (SSSR count). The van der Waals surface area contributed by atoms with E-state index >= 15 is 0 Å². The molecule has 3 heterocycles. The molecule has 0 atom stereocenters. The van der Waals surface area contributed by atoms with Gasteiger partial charge >= 0.3 is 0 Å². The third-order valence-electron chi connectivity index (χ3n) is 8.82. The molecule has 0 bridgehead atoms. The van der Waals surface area contributed by atoms with Gasteiger partial charge in [0.2, 0.25) is 0 Å². The van der Waals surface area contributed by atoms with Gasteiger partial charge in [-0.25, -0.2) is 4.98 Å². The molecule has 0 radical (unpaired) electrons. The number of aromatic nitrogens is 2. The number of anilines is 3. The average molecular weight is 538 g/mol. The van der Waals surface area contributed by atoms with Gasteiger partial charge in [-0.2, -0.15) is 0 Å². The van der Waals surface area contributed by atoms with Gasteiger partial charge in [0.15, 0.2) is 0 Å². The lowest BCUT2D eigenvalue weighted by Crippen LogP contribution is -2.15. The smallest absolute Gasteiger partial charge is 0.145 e. The Morgan fingerprint density at radius 3 is 2.29 bits per heavy atom. The molecule has 198 valence electrons. The number of nitrogens with zero attached hydrogens (tertiary/aromatic N) is 3. The van der Waals surface area contributed by atoms with Crippen LogP contribution in [0.3, 0.4) is 0 Å². The fourth-order valence-electron chi connectivity index (χ4n) is 6.98. The molecule has 5 aromatic carbocycles. The summed E-state index contributed by atoms with van der Waals surface area (Å²) in [6.45, 7) is 0. The zero-order chi connectivity index (χ0) is 27.6. The monoisotopic (exact) mass is 537 g/mol. The number of pyridine rings is 1. The molecule has 7 aromatic rings. The second-order valence-electron chi connectivity index (χ2n) is 11.1. The van der Waals surface area contributed by atoms with Gasteiger partial charge in [-0.1, -0.05) is 97.1 Å². The van der Waals surface area contributed by atoms with Crippen molar-refractivity contribution in [3.05, 3.63) is 145 Å². The Bertz CT molecular complexity index is 2220. The van der Waals surface area contributed by atoms with Crippen molar-refractivity contribution >= 4 is 44.9 Å². The average Bonchev–Trinajstić information content (AvgIpc) is 3.34. The Morgan fingerprint density at radius 2 is 1.38 bits per heavy atom. The highest BCUT2D eigenvalue weighted by Gasteiger charge is 2.32. The van der Waals surface area contributed by atoms with Crippen LogP contribution in [0, 0.1) is 0 Å². The van der Waals surface area contributed by atoms with Crippen molar-refractivity contribution < 1.29 is 0 Å². The summed E-state index contributed by atoms with van der Waals surface area (Å²) < 4.78 is 2.46. The molecule has 2 aliphatic rings. The Balaban J connectivity index is 1.43. The highest BCUT2D eigenvalue weighted by atomic mass is 15.2. The van der Waals surface area contributed by atoms with E-state index in [0.29, 0.717) is 0 Å². The Labute approximate surface area is 244 Å². The number of fused-ring (bicyclic) bond motifs is 9. The van der Waals surface area contributed by atoms with E-state index in [0.717, 1.165) is 35.7 Å². The maximum absolute atomic E-state index is 5.05. The molecule has 2 aromatic heterocycles. The van der Waals surface area contributed by atoms with Crippen LogP contribution in [0.15, 0.2) is 134 Å². The van der Waals surface area contributed by atoms with Gasteiger partial charge in [-0.3, -0.25) is 4.90 Å². The van der Waals surface area contributed by atoms with Crippen LogP contribution in [-0.4, -0.2) is 9.55 Å². The first-order valence-corrected chi connectivity index (χ1v) is 14.6. The maximum atomic E-state index is 5.05. The second kappa shape index (κ2) is 9.05. The third-order valence-corrected chi connectivity index (χ3v) is 8.82. The lowest BCUT2D eigenvalue weighted by Gasteiger charge is -2.29. The summed E-state index contributed by atoms with van der Waals surface area (Å²) in [5.41, 5.74) is 12.1. The van der Waals surface area contributed by atoms with Gasteiger partial charge in [0, 0.05) is 39.5 Å². The van der Waals surface area contributed by atoms with Crippen LogP contribution < -0.4 is 4.90 Å². The first-order chi connectivity index (χ1) is 20.9. The summed E-state index contributed by atoms with van der Waals surface area (Å²) in [5.74, 6) is 0.982. The van der Waals surface area contributed by atoms with Crippen molar-refractivity contribution in [1.82, 2.24) is 9.55 Å². The quantitative estimate of drug-likeness (QED) is 0.219. The third kappa shape index (κ3) is 3.31. The zero-order valence-corrected chi connectivity index (χ0v) is 23.0. The van der Waals surface area contributed by atoms with E-state index in [1.165, 1.54) is 55.2 Å². The van der Waals surface area contributed by atoms with E-state index in [1.54, 1.807) is 0 Å². The van der Waals surface area contributed by atoms with Crippen molar-refractivity contribution in [3.63, 3.8) is 0 Å². The Kier molecular flexibility index (Phi) is 5.02. The molecular weight excluding hydrogens is 510 g/mol. The largest absolute Gasteiger partial charge is 0.309 e. The van der Waals surface area contributed by atoms with Crippen LogP contribution in [-0.2, 0) is 6.42 Å². The van der Waals surface area contributed by atoms with Crippen LogP contribution in [0.1, 0.15) is 17.5 Å². The zero-order valence-electron chi connectivity index (χ0n) is 23.0. The summed E-state index contributed by atoms with van der Waals surface area (Å²) in [6.07, 6.45) is 8.61. The van der Waals surface area contributed by atoms with Crippen molar-refractivity contribution in [2.75, 3.05) is 4.90 Å². The van der Waals surface area contributed by atoms with Gasteiger partial charge in [-0.05, 0) is 65.6 Å². The fourth-order valence-corrected chi connectivity index (χ4v) is 6.98. The number of aryl methyl sites for hydroxylation is 1. The van der Waals surface area contributed by atoms with E-state index in [4.69, 9.17) is 4.98 Å². The van der Waals surface area contributed by atoms with Crippen LogP contribution in [0.4, 0.5) is 17.2 Å². The Morgan fingerprint density at radius 1 is 0.643 bits per heavy atom. The van der Waals surface area contributed by atoms with Crippen molar-refractivity contribution in [2.45, 2.75) is 12.8 Å². The number of rotatable bonds is 2.